The minimum absolute atomic E-state index is 0.00155. The summed E-state index contributed by atoms with van der Waals surface area (Å²) in [7, 11) is 0. The number of carbonyl (C=O) groups is 1. The highest BCUT2D eigenvalue weighted by molar-refractivity contribution is 5.81. The number of fused-ring (bicyclic) bond motifs is 1. The molecule has 0 atom stereocenters. The smallest absolute Gasteiger partial charge is 0.416 e. The van der Waals surface area contributed by atoms with Crippen LogP contribution in [0.5, 0.6) is 5.75 Å². The molecule has 0 aliphatic rings. The number of benzene rings is 2. The minimum atomic E-state index is -4.42. The Labute approximate surface area is 186 Å². The molecule has 4 aromatic rings. The third kappa shape index (κ3) is 5.02. The Hall–Kier alpha value is -3.75. The first-order valence-electron chi connectivity index (χ1n) is 10.1. The number of hydrogen-bond donors (Lipinski definition) is 1. The maximum atomic E-state index is 12.8. The van der Waals surface area contributed by atoms with Gasteiger partial charge in [-0.05, 0) is 48.4 Å². The zero-order valence-electron chi connectivity index (χ0n) is 17.8. The maximum absolute atomic E-state index is 12.8. The van der Waals surface area contributed by atoms with Gasteiger partial charge in [-0.2, -0.15) is 13.2 Å². The standard InChI is InChI=1S/C24H20F3NO5/c1-13(2)22-20(33-23(28-22)14-3-6-16(7-4-14)24(25,26)27)12-31-17-8-5-15-9-18(11-21(29)30)32-19(15)10-17/h3-10,13H,11-12H2,1-2H3,(H,29,30). The van der Waals surface area contributed by atoms with Crippen molar-refractivity contribution in [2.45, 2.75) is 39.0 Å². The Morgan fingerprint density at radius 3 is 2.45 bits per heavy atom. The van der Waals surface area contributed by atoms with Crippen molar-refractivity contribution in [3.63, 3.8) is 0 Å². The number of halogens is 3. The third-order valence-electron chi connectivity index (χ3n) is 4.97. The summed E-state index contributed by atoms with van der Waals surface area (Å²) in [6, 6.07) is 11.4. The van der Waals surface area contributed by atoms with E-state index in [1.165, 1.54) is 12.1 Å². The summed E-state index contributed by atoms with van der Waals surface area (Å²) in [5, 5.41) is 9.67. The van der Waals surface area contributed by atoms with Gasteiger partial charge in [0, 0.05) is 17.0 Å². The Bertz CT molecular complexity index is 1290. The van der Waals surface area contributed by atoms with E-state index in [4.69, 9.17) is 18.7 Å². The molecule has 1 N–H and O–H groups in total. The number of carboxylic acid groups (broad SMARTS) is 1. The van der Waals surface area contributed by atoms with Crippen molar-refractivity contribution in [1.82, 2.24) is 4.98 Å². The molecule has 0 saturated carbocycles. The largest absolute Gasteiger partial charge is 0.485 e. The molecule has 0 unspecified atom stereocenters. The molecule has 0 saturated heterocycles. The molecule has 2 aromatic heterocycles. The molecule has 0 aliphatic carbocycles. The van der Waals surface area contributed by atoms with Gasteiger partial charge in [0.05, 0.1) is 11.3 Å². The molecule has 0 fully saturated rings. The van der Waals surface area contributed by atoms with Gasteiger partial charge in [0.2, 0.25) is 5.89 Å². The first kappa shape index (κ1) is 22.4. The van der Waals surface area contributed by atoms with Gasteiger partial charge < -0.3 is 18.7 Å². The number of ether oxygens (including phenoxy) is 1. The van der Waals surface area contributed by atoms with Crippen LogP contribution in [0, 0.1) is 0 Å². The van der Waals surface area contributed by atoms with Crippen LogP contribution in [0.3, 0.4) is 0 Å². The van der Waals surface area contributed by atoms with E-state index < -0.39 is 17.7 Å². The summed E-state index contributed by atoms with van der Waals surface area (Å²) in [5.41, 5.74) is 0.827. The lowest BCUT2D eigenvalue weighted by atomic mass is 10.1. The van der Waals surface area contributed by atoms with Crippen LogP contribution in [0.25, 0.3) is 22.4 Å². The van der Waals surface area contributed by atoms with Crippen LogP contribution < -0.4 is 4.74 Å². The number of rotatable bonds is 7. The van der Waals surface area contributed by atoms with Crippen LogP contribution in [-0.4, -0.2) is 16.1 Å². The van der Waals surface area contributed by atoms with Crippen molar-refractivity contribution in [3.8, 4) is 17.2 Å². The molecule has 2 heterocycles. The number of furan rings is 1. The van der Waals surface area contributed by atoms with E-state index in [-0.39, 0.29) is 24.8 Å². The highest BCUT2D eigenvalue weighted by atomic mass is 19.4. The summed E-state index contributed by atoms with van der Waals surface area (Å²) in [4.78, 5) is 15.3. The number of hydrogen-bond acceptors (Lipinski definition) is 5. The minimum Gasteiger partial charge on any atom is -0.485 e. The molecule has 0 amide bonds. The van der Waals surface area contributed by atoms with Crippen LogP contribution in [0.1, 0.15) is 42.5 Å². The molecule has 172 valence electrons. The second kappa shape index (κ2) is 8.65. The summed E-state index contributed by atoms with van der Waals surface area (Å²) in [5.74, 6) is 0.522. The lowest BCUT2D eigenvalue weighted by molar-refractivity contribution is -0.138. The van der Waals surface area contributed by atoms with Gasteiger partial charge in [-0.3, -0.25) is 4.79 Å². The Kier molecular flexibility index (Phi) is 5.88. The maximum Gasteiger partial charge on any atom is 0.416 e. The number of carboxylic acids is 1. The molecule has 6 nitrogen and oxygen atoms in total. The number of alkyl halides is 3. The van der Waals surface area contributed by atoms with Crippen molar-refractivity contribution < 1.29 is 36.6 Å². The molecular formula is C24H20F3NO5. The number of aliphatic carboxylic acids is 1. The van der Waals surface area contributed by atoms with Gasteiger partial charge in [-0.25, -0.2) is 4.98 Å². The Balaban J connectivity index is 1.54. The fourth-order valence-corrected chi connectivity index (χ4v) is 3.38. The van der Waals surface area contributed by atoms with E-state index >= 15 is 0 Å². The van der Waals surface area contributed by atoms with Crippen LogP contribution in [0.15, 0.2) is 57.4 Å². The van der Waals surface area contributed by atoms with Gasteiger partial charge in [-0.15, -0.1) is 0 Å². The topological polar surface area (TPSA) is 85.7 Å². The zero-order valence-corrected chi connectivity index (χ0v) is 17.8. The third-order valence-corrected chi connectivity index (χ3v) is 4.97. The lowest BCUT2D eigenvalue weighted by Gasteiger charge is -2.07. The van der Waals surface area contributed by atoms with E-state index in [1.54, 1.807) is 24.3 Å². The first-order chi connectivity index (χ1) is 15.6. The van der Waals surface area contributed by atoms with Crippen molar-refractivity contribution in [2.24, 2.45) is 0 Å². The summed E-state index contributed by atoms with van der Waals surface area (Å²) in [6.07, 6.45) is -4.63. The fraction of sp³-hybridized carbons (Fsp3) is 0.250. The van der Waals surface area contributed by atoms with Crippen molar-refractivity contribution in [3.05, 3.63) is 71.3 Å². The van der Waals surface area contributed by atoms with Crippen molar-refractivity contribution in [1.29, 1.82) is 0 Å². The average Bonchev–Trinajstić information content (AvgIpc) is 3.34. The van der Waals surface area contributed by atoms with Gasteiger partial charge in [-0.1, -0.05) is 13.8 Å². The summed E-state index contributed by atoms with van der Waals surface area (Å²) < 4.78 is 55.7. The van der Waals surface area contributed by atoms with E-state index in [0.717, 1.165) is 17.5 Å². The second-order valence-corrected chi connectivity index (χ2v) is 7.83. The molecule has 33 heavy (non-hydrogen) atoms. The average molecular weight is 459 g/mol. The summed E-state index contributed by atoms with van der Waals surface area (Å²) in [6.45, 7) is 3.91. The number of oxazole rings is 1. The predicted octanol–water partition coefficient (Wildman–Crippen LogP) is 6.44. The van der Waals surface area contributed by atoms with E-state index in [2.05, 4.69) is 4.98 Å². The van der Waals surface area contributed by atoms with Crippen LogP contribution >= 0.6 is 0 Å². The molecule has 0 aliphatic heterocycles. The fourth-order valence-electron chi connectivity index (χ4n) is 3.38. The highest BCUT2D eigenvalue weighted by Gasteiger charge is 2.30. The molecule has 0 bridgehead atoms. The number of nitrogens with zero attached hydrogens (tertiary/aromatic N) is 1. The predicted molar refractivity (Wildman–Crippen MR) is 113 cm³/mol. The van der Waals surface area contributed by atoms with E-state index in [1.807, 2.05) is 13.8 Å². The summed E-state index contributed by atoms with van der Waals surface area (Å²) >= 11 is 0. The molecule has 2 aromatic carbocycles. The van der Waals surface area contributed by atoms with E-state index in [9.17, 15) is 18.0 Å². The second-order valence-electron chi connectivity index (χ2n) is 7.83. The molecule has 9 heteroatoms. The van der Waals surface area contributed by atoms with Gasteiger partial charge in [0.1, 0.15) is 30.1 Å². The first-order valence-corrected chi connectivity index (χ1v) is 10.1. The van der Waals surface area contributed by atoms with Crippen LogP contribution in [-0.2, 0) is 24.0 Å². The highest BCUT2D eigenvalue weighted by Crippen LogP contribution is 2.33. The Morgan fingerprint density at radius 1 is 1.09 bits per heavy atom. The molecule has 4 rings (SSSR count). The van der Waals surface area contributed by atoms with E-state index in [0.29, 0.717) is 34.1 Å². The van der Waals surface area contributed by atoms with Gasteiger partial charge >= 0.3 is 12.1 Å². The molecule has 0 spiro atoms. The lowest BCUT2D eigenvalue weighted by Crippen LogP contribution is -2.03. The van der Waals surface area contributed by atoms with Gasteiger partial charge in [0.25, 0.3) is 0 Å². The normalized spacial score (nSPS) is 11.9. The van der Waals surface area contributed by atoms with Crippen molar-refractivity contribution in [2.75, 3.05) is 0 Å². The van der Waals surface area contributed by atoms with Crippen LogP contribution in [0.4, 0.5) is 13.2 Å². The molecule has 0 radical (unpaired) electrons. The molecular weight excluding hydrogens is 439 g/mol. The van der Waals surface area contributed by atoms with Crippen molar-refractivity contribution >= 4 is 16.9 Å². The quantitative estimate of drug-likeness (QED) is 0.342. The Morgan fingerprint density at radius 2 is 1.82 bits per heavy atom. The number of aromatic nitrogens is 1. The van der Waals surface area contributed by atoms with Crippen LogP contribution in [0.2, 0.25) is 0 Å². The monoisotopic (exact) mass is 459 g/mol. The van der Waals surface area contributed by atoms with Gasteiger partial charge in [0.15, 0.2) is 5.76 Å². The SMILES string of the molecule is CC(C)c1nc(-c2ccc(C(F)(F)F)cc2)oc1COc1ccc2cc(CC(=O)O)oc2c1. The zero-order chi connectivity index (χ0) is 23.8.